The van der Waals surface area contributed by atoms with E-state index in [1.807, 2.05) is 17.5 Å². The zero-order valence-electron chi connectivity index (χ0n) is 9.34. The van der Waals surface area contributed by atoms with Crippen LogP contribution in [0.15, 0.2) is 6.20 Å². The average molecular weight is 212 g/mol. The van der Waals surface area contributed by atoms with Gasteiger partial charge in [0.25, 0.3) is 0 Å². The molecule has 1 heterocycles. The standard InChI is InChI=1S/C11H20N2S/c1-4-5-6-12-7-10-8-13-11(14-10)9(2)3/h8-9,12H,4-7H2,1-3H3. The summed E-state index contributed by atoms with van der Waals surface area (Å²) in [6.45, 7) is 8.68. The van der Waals surface area contributed by atoms with Crippen LogP contribution < -0.4 is 5.32 Å². The van der Waals surface area contributed by atoms with Crippen LogP contribution in [-0.4, -0.2) is 11.5 Å². The second-order valence-electron chi connectivity index (χ2n) is 3.85. The third-order valence-electron chi connectivity index (χ3n) is 2.07. The number of thiazole rings is 1. The van der Waals surface area contributed by atoms with Gasteiger partial charge in [-0.3, -0.25) is 0 Å². The maximum absolute atomic E-state index is 4.39. The smallest absolute Gasteiger partial charge is 0.0953 e. The minimum absolute atomic E-state index is 0.560. The maximum atomic E-state index is 4.39. The van der Waals surface area contributed by atoms with Crippen molar-refractivity contribution in [2.45, 2.75) is 46.1 Å². The molecule has 1 aromatic rings. The molecule has 0 spiro atoms. The summed E-state index contributed by atoms with van der Waals surface area (Å²) in [6, 6.07) is 0. The number of aromatic nitrogens is 1. The molecule has 0 bridgehead atoms. The van der Waals surface area contributed by atoms with Gasteiger partial charge in [-0.2, -0.15) is 0 Å². The van der Waals surface area contributed by atoms with Crippen molar-refractivity contribution in [3.63, 3.8) is 0 Å². The number of rotatable bonds is 6. The highest BCUT2D eigenvalue weighted by Crippen LogP contribution is 2.20. The van der Waals surface area contributed by atoms with Gasteiger partial charge in [0.1, 0.15) is 0 Å². The van der Waals surface area contributed by atoms with E-state index in [1.165, 1.54) is 22.7 Å². The van der Waals surface area contributed by atoms with E-state index in [-0.39, 0.29) is 0 Å². The van der Waals surface area contributed by atoms with Gasteiger partial charge in [-0.25, -0.2) is 4.98 Å². The Labute approximate surface area is 90.8 Å². The predicted molar refractivity (Wildman–Crippen MR) is 62.8 cm³/mol. The summed E-state index contributed by atoms with van der Waals surface area (Å²) in [5.41, 5.74) is 0. The van der Waals surface area contributed by atoms with Crippen LogP contribution in [0.1, 0.15) is 49.4 Å². The molecule has 0 atom stereocenters. The summed E-state index contributed by atoms with van der Waals surface area (Å²) in [6.07, 6.45) is 4.52. The van der Waals surface area contributed by atoms with Crippen molar-refractivity contribution in [3.05, 3.63) is 16.1 Å². The third kappa shape index (κ3) is 3.76. The van der Waals surface area contributed by atoms with Crippen molar-refractivity contribution >= 4 is 11.3 Å². The van der Waals surface area contributed by atoms with Gasteiger partial charge in [-0.15, -0.1) is 11.3 Å². The van der Waals surface area contributed by atoms with Gasteiger partial charge in [-0.1, -0.05) is 27.2 Å². The highest BCUT2D eigenvalue weighted by atomic mass is 32.1. The SMILES string of the molecule is CCCCNCc1cnc(C(C)C)s1. The summed E-state index contributed by atoms with van der Waals surface area (Å²) in [4.78, 5) is 5.74. The van der Waals surface area contributed by atoms with Crippen LogP contribution in [0.2, 0.25) is 0 Å². The summed E-state index contributed by atoms with van der Waals surface area (Å²) in [5.74, 6) is 0.560. The van der Waals surface area contributed by atoms with E-state index in [4.69, 9.17) is 0 Å². The van der Waals surface area contributed by atoms with Crippen molar-refractivity contribution in [2.75, 3.05) is 6.54 Å². The zero-order chi connectivity index (χ0) is 10.4. The highest BCUT2D eigenvalue weighted by molar-refractivity contribution is 7.11. The van der Waals surface area contributed by atoms with Gasteiger partial charge in [-0.05, 0) is 13.0 Å². The van der Waals surface area contributed by atoms with Crippen LogP contribution in [0.4, 0.5) is 0 Å². The number of hydrogen-bond acceptors (Lipinski definition) is 3. The second-order valence-corrected chi connectivity index (χ2v) is 5.00. The largest absolute Gasteiger partial charge is 0.312 e. The van der Waals surface area contributed by atoms with Crippen LogP contribution >= 0.6 is 11.3 Å². The molecule has 0 aliphatic heterocycles. The number of hydrogen-bond donors (Lipinski definition) is 1. The van der Waals surface area contributed by atoms with Crippen molar-refractivity contribution in [3.8, 4) is 0 Å². The van der Waals surface area contributed by atoms with Crippen molar-refractivity contribution in [1.29, 1.82) is 0 Å². The highest BCUT2D eigenvalue weighted by Gasteiger charge is 2.04. The monoisotopic (exact) mass is 212 g/mol. The Morgan fingerprint density at radius 3 is 2.86 bits per heavy atom. The van der Waals surface area contributed by atoms with E-state index in [1.54, 1.807) is 0 Å². The first-order valence-corrected chi connectivity index (χ1v) is 6.21. The van der Waals surface area contributed by atoms with E-state index in [9.17, 15) is 0 Å². The van der Waals surface area contributed by atoms with Gasteiger partial charge in [0.05, 0.1) is 5.01 Å². The molecule has 0 saturated heterocycles. The Morgan fingerprint density at radius 1 is 1.50 bits per heavy atom. The summed E-state index contributed by atoms with van der Waals surface area (Å²) >= 11 is 1.83. The van der Waals surface area contributed by atoms with Crippen LogP contribution in [0, 0.1) is 0 Å². The molecule has 1 rings (SSSR count). The molecule has 0 unspecified atom stereocenters. The minimum Gasteiger partial charge on any atom is -0.312 e. The number of nitrogens with zero attached hydrogens (tertiary/aromatic N) is 1. The molecule has 80 valence electrons. The minimum atomic E-state index is 0.560. The summed E-state index contributed by atoms with van der Waals surface area (Å²) in [5, 5.41) is 4.67. The fourth-order valence-electron chi connectivity index (χ4n) is 1.18. The molecule has 0 aromatic carbocycles. The molecule has 0 saturated carbocycles. The molecule has 3 heteroatoms. The normalized spacial score (nSPS) is 11.1. The van der Waals surface area contributed by atoms with Crippen LogP contribution in [0.3, 0.4) is 0 Å². The molecule has 1 N–H and O–H groups in total. The second kappa shape index (κ2) is 6.14. The van der Waals surface area contributed by atoms with E-state index >= 15 is 0 Å². The van der Waals surface area contributed by atoms with Crippen molar-refractivity contribution < 1.29 is 0 Å². The topological polar surface area (TPSA) is 24.9 Å². The van der Waals surface area contributed by atoms with Gasteiger partial charge < -0.3 is 5.32 Å². The number of unbranched alkanes of at least 4 members (excludes halogenated alkanes) is 1. The fourth-order valence-corrected chi connectivity index (χ4v) is 2.07. The van der Waals surface area contributed by atoms with Crippen LogP contribution in [-0.2, 0) is 6.54 Å². The lowest BCUT2D eigenvalue weighted by Crippen LogP contribution is -2.13. The van der Waals surface area contributed by atoms with E-state index in [2.05, 4.69) is 31.1 Å². The van der Waals surface area contributed by atoms with E-state index in [0.717, 1.165) is 13.1 Å². The molecular weight excluding hydrogens is 192 g/mol. The number of nitrogens with one attached hydrogen (secondary N) is 1. The quantitative estimate of drug-likeness (QED) is 0.733. The molecule has 1 aromatic heterocycles. The molecule has 0 aliphatic rings. The van der Waals surface area contributed by atoms with Gasteiger partial charge in [0, 0.05) is 23.5 Å². The Morgan fingerprint density at radius 2 is 2.29 bits per heavy atom. The lowest BCUT2D eigenvalue weighted by Gasteiger charge is -2.00. The fraction of sp³-hybridized carbons (Fsp3) is 0.727. The Kier molecular flexibility index (Phi) is 5.12. The third-order valence-corrected chi connectivity index (χ3v) is 3.37. The Hall–Kier alpha value is -0.410. The Balaban J connectivity index is 2.29. The molecule has 0 radical (unpaired) electrons. The molecule has 0 aliphatic carbocycles. The van der Waals surface area contributed by atoms with Gasteiger partial charge in [0.15, 0.2) is 0 Å². The van der Waals surface area contributed by atoms with Gasteiger partial charge in [0.2, 0.25) is 0 Å². The molecule has 2 nitrogen and oxygen atoms in total. The lowest BCUT2D eigenvalue weighted by atomic mass is 10.2. The lowest BCUT2D eigenvalue weighted by molar-refractivity contribution is 0.645. The first-order chi connectivity index (χ1) is 6.74. The van der Waals surface area contributed by atoms with E-state index in [0.29, 0.717) is 5.92 Å². The van der Waals surface area contributed by atoms with Crippen LogP contribution in [0.25, 0.3) is 0 Å². The molecular formula is C11H20N2S. The molecule has 0 amide bonds. The molecule has 14 heavy (non-hydrogen) atoms. The predicted octanol–water partition coefficient (Wildman–Crippen LogP) is 3.16. The van der Waals surface area contributed by atoms with Gasteiger partial charge >= 0.3 is 0 Å². The van der Waals surface area contributed by atoms with E-state index < -0.39 is 0 Å². The average Bonchev–Trinajstić information content (AvgIpc) is 2.61. The first-order valence-electron chi connectivity index (χ1n) is 5.39. The summed E-state index contributed by atoms with van der Waals surface area (Å²) < 4.78 is 0. The molecule has 0 fully saturated rings. The first kappa shape index (κ1) is 11.7. The van der Waals surface area contributed by atoms with Crippen LogP contribution in [0.5, 0.6) is 0 Å². The van der Waals surface area contributed by atoms with Crippen molar-refractivity contribution in [1.82, 2.24) is 10.3 Å². The zero-order valence-corrected chi connectivity index (χ0v) is 10.2. The maximum Gasteiger partial charge on any atom is 0.0953 e. The Bertz CT molecular complexity index is 256. The van der Waals surface area contributed by atoms with Crippen molar-refractivity contribution in [2.24, 2.45) is 0 Å². The summed E-state index contributed by atoms with van der Waals surface area (Å²) in [7, 11) is 0.